The Morgan fingerprint density at radius 3 is 2.48 bits per heavy atom. The Morgan fingerprint density at radius 2 is 1.71 bits per heavy atom. The van der Waals surface area contributed by atoms with Crippen molar-refractivity contribution in [2.24, 2.45) is 0 Å². The second-order valence-electron chi connectivity index (χ2n) is 7.90. The summed E-state index contributed by atoms with van der Waals surface area (Å²) in [4.78, 5) is 15.4. The van der Waals surface area contributed by atoms with E-state index in [0.29, 0.717) is 6.54 Å². The number of rotatable bonds is 8. The quantitative estimate of drug-likeness (QED) is 0.272. The summed E-state index contributed by atoms with van der Waals surface area (Å²) in [6.07, 6.45) is 4.14. The second-order valence-corrected chi connectivity index (χ2v) is 8.81. The van der Waals surface area contributed by atoms with Gasteiger partial charge in [0.25, 0.3) is 5.91 Å². The number of unbranched alkanes of at least 4 members (excludes halogenated alkanes) is 1. The Bertz CT molecular complexity index is 1160. The van der Waals surface area contributed by atoms with Gasteiger partial charge in [0, 0.05) is 35.0 Å². The van der Waals surface area contributed by atoms with Crippen LogP contribution in [-0.4, -0.2) is 21.9 Å². The van der Waals surface area contributed by atoms with Crippen molar-refractivity contribution in [2.75, 3.05) is 6.54 Å². The Labute approximate surface area is 192 Å². The standard InChI is InChI=1S/C27H27BrN2O/c1-2-3-16-30(27(31)24-13-12-22-7-4-5-8-23(22)18-24)20-26-9-6-17-29(26)19-21-10-14-25(28)15-11-21/h4-15,17-18H,2-3,16,19-20H2,1H3. The summed E-state index contributed by atoms with van der Waals surface area (Å²) in [5, 5.41) is 2.25. The van der Waals surface area contributed by atoms with Gasteiger partial charge in [-0.25, -0.2) is 0 Å². The zero-order valence-corrected chi connectivity index (χ0v) is 19.4. The maximum atomic E-state index is 13.4. The summed E-state index contributed by atoms with van der Waals surface area (Å²) in [6, 6.07) is 26.7. The number of benzene rings is 3. The van der Waals surface area contributed by atoms with Crippen LogP contribution in [0.2, 0.25) is 0 Å². The Balaban J connectivity index is 1.56. The first kappa shape index (κ1) is 21.4. The fourth-order valence-electron chi connectivity index (χ4n) is 3.84. The van der Waals surface area contributed by atoms with Crippen molar-refractivity contribution >= 4 is 32.6 Å². The molecule has 4 heteroatoms. The van der Waals surface area contributed by atoms with Crippen molar-refractivity contribution in [3.63, 3.8) is 0 Å². The summed E-state index contributed by atoms with van der Waals surface area (Å²) in [6.45, 7) is 4.32. The minimum Gasteiger partial charge on any atom is -0.345 e. The van der Waals surface area contributed by atoms with E-state index in [1.807, 2.05) is 35.2 Å². The van der Waals surface area contributed by atoms with Crippen LogP contribution >= 0.6 is 15.9 Å². The molecular formula is C27H27BrN2O. The van der Waals surface area contributed by atoms with E-state index in [-0.39, 0.29) is 5.91 Å². The van der Waals surface area contributed by atoms with Crippen molar-refractivity contribution in [1.29, 1.82) is 0 Å². The van der Waals surface area contributed by atoms with Gasteiger partial charge in [-0.1, -0.05) is 71.7 Å². The number of carbonyl (C=O) groups excluding carboxylic acids is 1. The molecule has 4 aromatic rings. The fourth-order valence-corrected chi connectivity index (χ4v) is 4.10. The van der Waals surface area contributed by atoms with Crippen LogP contribution in [0, 0.1) is 0 Å². The molecule has 0 saturated carbocycles. The smallest absolute Gasteiger partial charge is 0.254 e. The molecule has 3 aromatic carbocycles. The third-order valence-electron chi connectivity index (χ3n) is 5.61. The van der Waals surface area contributed by atoms with Gasteiger partial charge in [0.05, 0.1) is 6.54 Å². The predicted molar refractivity (Wildman–Crippen MR) is 131 cm³/mol. The van der Waals surface area contributed by atoms with Crippen molar-refractivity contribution in [3.05, 3.63) is 106 Å². The number of nitrogens with zero attached hydrogens (tertiary/aromatic N) is 2. The first-order chi connectivity index (χ1) is 15.1. The van der Waals surface area contributed by atoms with Gasteiger partial charge in [-0.05, 0) is 59.2 Å². The molecule has 0 fully saturated rings. The van der Waals surface area contributed by atoms with Crippen molar-refractivity contribution < 1.29 is 4.79 Å². The van der Waals surface area contributed by atoms with Gasteiger partial charge in [-0.3, -0.25) is 4.79 Å². The molecule has 0 spiro atoms. The van der Waals surface area contributed by atoms with E-state index in [1.165, 1.54) is 5.56 Å². The molecule has 0 aliphatic carbocycles. The van der Waals surface area contributed by atoms with Crippen molar-refractivity contribution in [2.45, 2.75) is 32.9 Å². The topological polar surface area (TPSA) is 25.2 Å². The van der Waals surface area contributed by atoms with Crippen LogP contribution in [0.1, 0.15) is 41.4 Å². The number of halogens is 1. The van der Waals surface area contributed by atoms with E-state index >= 15 is 0 Å². The molecular weight excluding hydrogens is 448 g/mol. The molecule has 1 heterocycles. The zero-order chi connectivity index (χ0) is 21.6. The van der Waals surface area contributed by atoms with E-state index in [9.17, 15) is 4.79 Å². The van der Waals surface area contributed by atoms with Gasteiger partial charge in [0.15, 0.2) is 0 Å². The van der Waals surface area contributed by atoms with Crippen LogP contribution in [0.3, 0.4) is 0 Å². The molecule has 0 saturated heterocycles. The van der Waals surface area contributed by atoms with Crippen LogP contribution in [-0.2, 0) is 13.1 Å². The molecule has 31 heavy (non-hydrogen) atoms. The highest BCUT2D eigenvalue weighted by Crippen LogP contribution is 2.19. The minimum absolute atomic E-state index is 0.0931. The lowest BCUT2D eigenvalue weighted by atomic mass is 10.1. The SMILES string of the molecule is CCCCN(Cc1cccn1Cc1ccc(Br)cc1)C(=O)c1ccc2ccccc2c1. The van der Waals surface area contributed by atoms with Crippen LogP contribution in [0.4, 0.5) is 0 Å². The van der Waals surface area contributed by atoms with Crippen LogP contribution < -0.4 is 0 Å². The predicted octanol–water partition coefficient (Wildman–Crippen LogP) is 6.89. The molecule has 1 aromatic heterocycles. The third-order valence-corrected chi connectivity index (χ3v) is 6.14. The van der Waals surface area contributed by atoms with Gasteiger partial charge in [0.2, 0.25) is 0 Å². The Morgan fingerprint density at radius 1 is 0.935 bits per heavy atom. The van der Waals surface area contributed by atoms with E-state index in [2.05, 4.69) is 82.1 Å². The second kappa shape index (κ2) is 9.97. The van der Waals surface area contributed by atoms with Gasteiger partial charge in [0.1, 0.15) is 0 Å². The van der Waals surface area contributed by atoms with E-state index in [0.717, 1.165) is 52.4 Å². The molecule has 1 amide bonds. The number of carbonyl (C=O) groups is 1. The van der Waals surface area contributed by atoms with Gasteiger partial charge >= 0.3 is 0 Å². The summed E-state index contributed by atoms with van der Waals surface area (Å²) in [5.74, 6) is 0.0931. The summed E-state index contributed by atoms with van der Waals surface area (Å²) < 4.78 is 3.31. The van der Waals surface area contributed by atoms with Gasteiger partial charge in [-0.2, -0.15) is 0 Å². The number of aromatic nitrogens is 1. The molecule has 0 radical (unpaired) electrons. The van der Waals surface area contributed by atoms with Gasteiger partial charge in [-0.15, -0.1) is 0 Å². The Kier molecular flexibility index (Phi) is 6.88. The average Bonchev–Trinajstić information content (AvgIpc) is 3.23. The monoisotopic (exact) mass is 474 g/mol. The number of fused-ring (bicyclic) bond motifs is 1. The first-order valence-electron chi connectivity index (χ1n) is 10.8. The van der Waals surface area contributed by atoms with Crippen LogP contribution in [0.25, 0.3) is 10.8 Å². The van der Waals surface area contributed by atoms with Gasteiger partial charge < -0.3 is 9.47 Å². The average molecular weight is 475 g/mol. The lowest BCUT2D eigenvalue weighted by Crippen LogP contribution is -2.32. The summed E-state index contributed by atoms with van der Waals surface area (Å²) >= 11 is 3.50. The maximum Gasteiger partial charge on any atom is 0.254 e. The molecule has 0 bridgehead atoms. The third kappa shape index (κ3) is 5.26. The van der Waals surface area contributed by atoms with E-state index in [4.69, 9.17) is 0 Å². The molecule has 0 unspecified atom stereocenters. The molecule has 0 aliphatic rings. The lowest BCUT2D eigenvalue weighted by Gasteiger charge is -2.24. The maximum absolute atomic E-state index is 13.4. The zero-order valence-electron chi connectivity index (χ0n) is 17.8. The molecule has 0 aliphatic heterocycles. The summed E-state index contributed by atoms with van der Waals surface area (Å²) in [7, 11) is 0. The van der Waals surface area contributed by atoms with Crippen LogP contribution in [0.15, 0.2) is 89.5 Å². The molecule has 3 nitrogen and oxygen atoms in total. The van der Waals surface area contributed by atoms with Crippen molar-refractivity contribution in [1.82, 2.24) is 9.47 Å². The first-order valence-corrected chi connectivity index (χ1v) is 11.6. The molecule has 0 N–H and O–H groups in total. The largest absolute Gasteiger partial charge is 0.345 e. The highest BCUT2D eigenvalue weighted by Gasteiger charge is 2.18. The number of amides is 1. The minimum atomic E-state index is 0.0931. The van der Waals surface area contributed by atoms with E-state index < -0.39 is 0 Å². The Hall–Kier alpha value is -2.85. The summed E-state index contributed by atoms with van der Waals surface area (Å²) in [5.41, 5.74) is 3.13. The molecule has 0 atom stereocenters. The normalized spacial score (nSPS) is 11.0. The lowest BCUT2D eigenvalue weighted by molar-refractivity contribution is 0.0737. The molecule has 4 rings (SSSR count). The number of hydrogen-bond donors (Lipinski definition) is 0. The number of hydrogen-bond acceptors (Lipinski definition) is 1. The van der Waals surface area contributed by atoms with E-state index in [1.54, 1.807) is 0 Å². The molecule has 158 valence electrons. The highest BCUT2D eigenvalue weighted by atomic mass is 79.9. The van der Waals surface area contributed by atoms with Crippen LogP contribution in [0.5, 0.6) is 0 Å². The fraction of sp³-hybridized carbons (Fsp3) is 0.222. The highest BCUT2D eigenvalue weighted by molar-refractivity contribution is 9.10. The van der Waals surface area contributed by atoms with Crippen molar-refractivity contribution in [3.8, 4) is 0 Å².